The Balaban J connectivity index is 1.72. The number of carbonyl (C=O) groups is 4. The number of benzene rings is 1. The van der Waals surface area contributed by atoms with Crippen molar-refractivity contribution in [3.05, 3.63) is 29.8 Å². The standard InChI is InChI=1S/C19H20N4O4/c1-12-6-2-5-9-15(12)23-18(26)17(25)22(19(23)27)11-16(24)21-14-8-4-3-7-13(14)10-20/h3-4,7-8,12,15H,2,5-6,9,11H2,1H3,(H,21,24)/t12-,15-/m1/s1. The zero-order valence-electron chi connectivity index (χ0n) is 15.0. The van der Waals surface area contributed by atoms with Crippen LogP contribution in [0.1, 0.15) is 38.2 Å². The molecule has 1 saturated heterocycles. The minimum Gasteiger partial charge on any atom is -0.323 e. The molecule has 3 rings (SSSR count). The highest BCUT2D eigenvalue weighted by atomic mass is 16.2. The lowest BCUT2D eigenvalue weighted by molar-refractivity contribution is -0.145. The summed E-state index contributed by atoms with van der Waals surface area (Å²) in [5.74, 6) is -2.38. The van der Waals surface area contributed by atoms with Gasteiger partial charge in [0.15, 0.2) is 0 Å². The molecule has 0 unspecified atom stereocenters. The quantitative estimate of drug-likeness (QED) is 0.644. The smallest absolute Gasteiger partial charge is 0.323 e. The zero-order chi connectivity index (χ0) is 19.6. The number of hydrogen-bond acceptors (Lipinski definition) is 5. The van der Waals surface area contributed by atoms with E-state index in [0.717, 1.165) is 24.2 Å². The number of nitrogens with one attached hydrogen (secondary N) is 1. The topological polar surface area (TPSA) is 111 Å². The number of para-hydroxylation sites is 1. The van der Waals surface area contributed by atoms with Crippen LogP contribution in [-0.4, -0.2) is 46.1 Å². The van der Waals surface area contributed by atoms with Gasteiger partial charge >= 0.3 is 17.8 Å². The van der Waals surface area contributed by atoms with Crippen molar-refractivity contribution in [2.24, 2.45) is 5.92 Å². The lowest BCUT2D eigenvalue weighted by Gasteiger charge is -2.34. The van der Waals surface area contributed by atoms with Crippen LogP contribution in [0.5, 0.6) is 0 Å². The third-order valence-electron chi connectivity index (χ3n) is 5.11. The fourth-order valence-electron chi connectivity index (χ4n) is 3.66. The van der Waals surface area contributed by atoms with E-state index >= 15 is 0 Å². The Morgan fingerprint density at radius 1 is 1.19 bits per heavy atom. The van der Waals surface area contributed by atoms with Crippen molar-refractivity contribution in [1.29, 1.82) is 5.26 Å². The fourth-order valence-corrected chi connectivity index (χ4v) is 3.66. The largest absolute Gasteiger partial charge is 0.334 e. The van der Waals surface area contributed by atoms with Gasteiger partial charge in [-0.2, -0.15) is 5.26 Å². The second kappa shape index (κ2) is 7.58. The molecule has 2 aliphatic rings. The van der Waals surface area contributed by atoms with Crippen LogP contribution in [0.3, 0.4) is 0 Å². The molecule has 1 aromatic carbocycles. The molecule has 5 amide bonds. The van der Waals surface area contributed by atoms with Gasteiger partial charge in [0.1, 0.15) is 12.6 Å². The SMILES string of the molecule is C[C@@H]1CCCC[C@H]1N1C(=O)C(=O)N(CC(=O)Nc2ccccc2C#N)C1=O. The molecule has 0 radical (unpaired) electrons. The Kier molecular flexibility index (Phi) is 5.21. The highest BCUT2D eigenvalue weighted by Gasteiger charge is 2.49. The van der Waals surface area contributed by atoms with Gasteiger partial charge < -0.3 is 5.32 Å². The van der Waals surface area contributed by atoms with E-state index in [4.69, 9.17) is 5.26 Å². The summed E-state index contributed by atoms with van der Waals surface area (Å²) in [7, 11) is 0. The van der Waals surface area contributed by atoms with Crippen molar-refractivity contribution in [2.45, 2.75) is 38.6 Å². The summed E-state index contributed by atoms with van der Waals surface area (Å²) < 4.78 is 0. The molecule has 1 heterocycles. The Bertz CT molecular complexity index is 844. The molecule has 8 heteroatoms. The summed E-state index contributed by atoms with van der Waals surface area (Å²) in [6, 6.07) is 7.29. The molecule has 1 aromatic rings. The minimum atomic E-state index is -0.985. The van der Waals surface area contributed by atoms with Gasteiger partial charge in [0.2, 0.25) is 5.91 Å². The van der Waals surface area contributed by atoms with E-state index in [2.05, 4.69) is 5.32 Å². The maximum Gasteiger partial charge on any atom is 0.334 e. The Hall–Kier alpha value is -3.21. The molecule has 140 valence electrons. The molecule has 0 aromatic heterocycles. The minimum absolute atomic E-state index is 0.121. The highest BCUT2D eigenvalue weighted by Crippen LogP contribution is 2.31. The number of imide groups is 2. The van der Waals surface area contributed by atoms with Gasteiger partial charge in [0, 0.05) is 6.04 Å². The summed E-state index contributed by atoms with van der Waals surface area (Å²) >= 11 is 0. The highest BCUT2D eigenvalue weighted by molar-refractivity contribution is 6.45. The molecule has 0 spiro atoms. The first-order valence-electron chi connectivity index (χ1n) is 8.92. The molecular formula is C19H20N4O4. The number of urea groups is 1. The van der Waals surface area contributed by atoms with Crippen LogP contribution in [0.25, 0.3) is 0 Å². The second-order valence-corrected chi connectivity index (χ2v) is 6.88. The summed E-state index contributed by atoms with van der Waals surface area (Å²) in [6.45, 7) is 1.39. The molecule has 2 fully saturated rings. The van der Waals surface area contributed by atoms with E-state index in [9.17, 15) is 19.2 Å². The molecule has 1 aliphatic carbocycles. The summed E-state index contributed by atoms with van der Waals surface area (Å²) in [6.07, 6.45) is 3.49. The molecule has 1 N–H and O–H groups in total. The van der Waals surface area contributed by atoms with Gasteiger partial charge in [-0.1, -0.05) is 31.9 Å². The predicted molar refractivity (Wildman–Crippen MR) is 95.2 cm³/mol. The lowest BCUT2D eigenvalue weighted by atomic mass is 9.85. The van der Waals surface area contributed by atoms with E-state index in [0.29, 0.717) is 11.3 Å². The van der Waals surface area contributed by atoms with Crippen molar-refractivity contribution in [3.8, 4) is 6.07 Å². The maximum atomic E-state index is 12.7. The number of amides is 5. The summed E-state index contributed by atoms with van der Waals surface area (Å²) in [5, 5.41) is 11.6. The van der Waals surface area contributed by atoms with E-state index in [1.165, 1.54) is 6.07 Å². The molecule has 2 atom stereocenters. The molecule has 8 nitrogen and oxygen atoms in total. The Morgan fingerprint density at radius 3 is 2.59 bits per heavy atom. The average Bonchev–Trinajstić information content (AvgIpc) is 2.86. The number of nitriles is 1. The van der Waals surface area contributed by atoms with Crippen LogP contribution in [-0.2, 0) is 14.4 Å². The maximum absolute atomic E-state index is 12.7. The predicted octanol–water partition coefficient (Wildman–Crippen LogP) is 1.87. The van der Waals surface area contributed by atoms with Crippen molar-refractivity contribution < 1.29 is 19.2 Å². The van der Waals surface area contributed by atoms with Gasteiger partial charge in [-0.25, -0.2) is 9.69 Å². The van der Waals surface area contributed by atoms with Crippen molar-refractivity contribution in [3.63, 3.8) is 0 Å². The van der Waals surface area contributed by atoms with Gasteiger partial charge in [-0.3, -0.25) is 19.3 Å². The van der Waals surface area contributed by atoms with Crippen molar-refractivity contribution in [1.82, 2.24) is 9.80 Å². The van der Waals surface area contributed by atoms with Gasteiger partial charge in [-0.15, -0.1) is 0 Å². The third kappa shape index (κ3) is 3.53. The summed E-state index contributed by atoms with van der Waals surface area (Å²) in [5.41, 5.74) is 0.548. The number of rotatable bonds is 4. The van der Waals surface area contributed by atoms with Crippen LogP contribution in [0.15, 0.2) is 24.3 Å². The average molecular weight is 368 g/mol. The monoisotopic (exact) mass is 368 g/mol. The third-order valence-corrected chi connectivity index (χ3v) is 5.11. The normalized spacial score (nSPS) is 22.7. The second-order valence-electron chi connectivity index (χ2n) is 6.88. The lowest BCUT2D eigenvalue weighted by Crippen LogP contribution is -2.46. The van der Waals surface area contributed by atoms with Crippen molar-refractivity contribution >= 4 is 29.4 Å². The van der Waals surface area contributed by atoms with E-state index < -0.39 is 30.3 Å². The first-order chi connectivity index (χ1) is 12.9. The first-order valence-corrected chi connectivity index (χ1v) is 8.92. The fraction of sp³-hybridized carbons (Fsp3) is 0.421. The molecular weight excluding hydrogens is 348 g/mol. The Labute approximate surface area is 156 Å². The van der Waals surface area contributed by atoms with E-state index in [-0.39, 0.29) is 23.2 Å². The summed E-state index contributed by atoms with van der Waals surface area (Å²) in [4.78, 5) is 51.3. The first kappa shape index (κ1) is 18.6. The molecule has 1 saturated carbocycles. The van der Waals surface area contributed by atoms with Crippen LogP contribution >= 0.6 is 0 Å². The zero-order valence-corrected chi connectivity index (χ0v) is 15.0. The van der Waals surface area contributed by atoms with Gasteiger partial charge in [0.05, 0.1) is 11.3 Å². The Morgan fingerprint density at radius 2 is 1.89 bits per heavy atom. The number of anilines is 1. The van der Waals surface area contributed by atoms with Crippen molar-refractivity contribution in [2.75, 3.05) is 11.9 Å². The van der Waals surface area contributed by atoms with Crippen LogP contribution < -0.4 is 5.32 Å². The molecule has 0 bridgehead atoms. The van der Waals surface area contributed by atoms with E-state index in [1.54, 1.807) is 18.2 Å². The number of nitrogens with zero attached hydrogens (tertiary/aromatic N) is 3. The van der Waals surface area contributed by atoms with Crippen LogP contribution in [0.4, 0.5) is 10.5 Å². The van der Waals surface area contributed by atoms with Crippen LogP contribution in [0, 0.1) is 17.2 Å². The van der Waals surface area contributed by atoms with Gasteiger partial charge in [-0.05, 0) is 30.9 Å². The molecule has 27 heavy (non-hydrogen) atoms. The van der Waals surface area contributed by atoms with Gasteiger partial charge in [0.25, 0.3) is 0 Å². The van der Waals surface area contributed by atoms with E-state index in [1.807, 2.05) is 13.0 Å². The molecule has 1 aliphatic heterocycles. The van der Waals surface area contributed by atoms with Crippen LogP contribution in [0.2, 0.25) is 0 Å². The number of hydrogen-bond donors (Lipinski definition) is 1. The number of carbonyl (C=O) groups excluding carboxylic acids is 4.